The topological polar surface area (TPSA) is 12.0 Å². The molecular formula is C17H23N. The van der Waals surface area contributed by atoms with Crippen molar-refractivity contribution in [3.05, 3.63) is 73.5 Å². The first-order valence-corrected chi connectivity index (χ1v) is 6.49. The lowest BCUT2D eigenvalue weighted by Gasteiger charge is -2.24. The van der Waals surface area contributed by atoms with Gasteiger partial charge in [0.2, 0.25) is 0 Å². The van der Waals surface area contributed by atoms with E-state index in [2.05, 4.69) is 49.7 Å². The standard InChI is InChI=1S/C17H23N/c1-4-6-13-17(18-14-7-5-2)15(3)16-11-9-8-10-12-16/h4-7,9,11-15,17-18H,1-2,8,10H2,3H3/b13-6-,14-7+. The van der Waals surface area contributed by atoms with Crippen molar-refractivity contribution in [2.75, 3.05) is 0 Å². The monoisotopic (exact) mass is 241 g/mol. The molecule has 0 amide bonds. The summed E-state index contributed by atoms with van der Waals surface area (Å²) in [6.45, 7) is 9.64. The Bertz CT molecular complexity index is 382. The molecule has 0 spiro atoms. The van der Waals surface area contributed by atoms with E-state index < -0.39 is 0 Å². The van der Waals surface area contributed by atoms with Gasteiger partial charge < -0.3 is 5.32 Å². The van der Waals surface area contributed by atoms with Crippen molar-refractivity contribution in [1.29, 1.82) is 0 Å². The lowest BCUT2D eigenvalue weighted by atomic mass is 9.89. The Labute approximate surface area is 111 Å². The summed E-state index contributed by atoms with van der Waals surface area (Å²) in [5, 5.41) is 3.39. The van der Waals surface area contributed by atoms with Crippen LogP contribution in [0.4, 0.5) is 0 Å². The Morgan fingerprint density at radius 1 is 1.22 bits per heavy atom. The van der Waals surface area contributed by atoms with Crippen LogP contribution in [0, 0.1) is 5.92 Å². The summed E-state index contributed by atoms with van der Waals surface area (Å²) in [6.07, 6.45) is 20.7. The molecule has 0 bridgehead atoms. The summed E-state index contributed by atoms with van der Waals surface area (Å²) in [5.74, 6) is 0.437. The quantitative estimate of drug-likeness (QED) is 0.655. The van der Waals surface area contributed by atoms with E-state index in [9.17, 15) is 0 Å². The molecule has 0 fully saturated rings. The highest BCUT2D eigenvalue weighted by molar-refractivity contribution is 5.27. The van der Waals surface area contributed by atoms with Crippen molar-refractivity contribution in [2.24, 2.45) is 5.92 Å². The van der Waals surface area contributed by atoms with E-state index in [4.69, 9.17) is 0 Å². The molecule has 1 rings (SSSR count). The first-order valence-electron chi connectivity index (χ1n) is 6.49. The van der Waals surface area contributed by atoms with Crippen LogP contribution in [0.5, 0.6) is 0 Å². The number of hydrogen-bond donors (Lipinski definition) is 1. The van der Waals surface area contributed by atoms with Crippen molar-refractivity contribution < 1.29 is 0 Å². The third-order valence-electron chi connectivity index (χ3n) is 3.06. The van der Waals surface area contributed by atoms with Crippen molar-refractivity contribution in [2.45, 2.75) is 25.8 Å². The molecule has 0 saturated carbocycles. The molecule has 18 heavy (non-hydrogen) atoms. The van der Waals surface area contributed by atoms with Gasteiger partial charge in [0.05, 0.1) is 6.04 Å². The highest BCUT2D eigenvalue weighted by atomic mass is 14.9. The van der Waals surface area contributed by atoms with Gasteiger partial charge in [-0.05, 0) is 30.7 Å². The summed E-state index contributed by atoms with van der Waals surface area (Å²) < 4.78 is 0. The smallest absolute Gasteiger partial charge is 0.0507 e. The Hall–Kier alpha value is -1.76. The zero-order valence-corrected chi connectivity index (χ0v) is 11.2. The van der Waals surface area contributed by atoms with Crippen molar-refractivity contribution in [1.82, 2.24) is 5.32 Å². The van der Waals surface area contributed by atoms with Gasteiger partial charge in [-0.15, -0.1) is 0 Å². The highest BCUT2D eigenvalue weighted by Crippen LogP contribution is 2.22. The summed E-state index contributed by atoms with van der Waals surface area (Å²) in [6, 6.07) is 0.271. The zero-order chi connectivity index (χ0) is 13.2. The molecular weight excluding hydrogens is 218 g/mol. The van der Waals surface area contributed by atoms with Gasteiger partial charge in [-0.2, -0.15) is 0 Å². The van der Waals surface area contributed by atoms with Crippen LogP contribution < -0.4 is 5.32 Å². The fraction of sp³-hybridized carbons (Fsp3) is 0.294. The van der Waals surface area contributed by atoms with E-state index in [-0.39, 0.29) is 6.04 Å². The third kappa shape index (κ3) is 4.62. The Balaban J connectivity index is 2.73. The minimum Gasteiger partial charge on any atom is -0.384 e. The molecule has 0 saturated heterocycles. The molecule has 1 nitrogen and oxygen atoms in total. The molecule has 0 aliphatic heterocycles. The van der Waals surface area contributed by atoms with Gasteiger partial charge in [0.15, 0.2) is 0 Å². The summed E-state index contributed by atoms with van der Waals surface area (Å²) in [5.41, 5.74) is 1.40. The first-order chi connectivity index (χ1) is 8.79. The molecule has 0 heterocycles. The molecule has 0 aromatic rings. The lowest BCUT2D eigenvalue weighted by Crippen LogP contribution is -2.30. The second-order valence-electron chi connectivity index (χ2n) is 4.38. The molecule has 2 unspecified atom stereocenters. The van der Waals surface area contributed by atoms with E-state index in [1.807, 2.05) is 24.4 Å². The molecule has 2 atom stereocenters. The largest absolute Gasteiger partial charge is 0.384 e. The maximum Gasteiger partial charge on any atom is 0.0507 e. The molecule has 0 radical (unpaired) electrons. The number of nitrogens with one attached hydrogen (secondary N) is 1. The van der Waals surface area contributed by atoms with E-state index in [0.29, 0.717) is 5.92 Å². The van der Waals surface area contributed by atoms with Crippen molar-refractivity contribution >= 4 is 0 Å². The molecule has 1 heteroatoms. The molecule has 1 aliphatic carbocycles. The van der Waals surface area contributed by atoms with Crippen LogP contribution >= 0.6 is 0 Å². The maximum absolute atomic E-state index is 3.72. The lowest BCUT2D eigenvalue weighted by molar-refractivity contribution is 0.542. The fourth-order valence-electron chi connectivity index (χ4n) is 1.98. The van der Waals surface area contributed by atoms with Crippen LogP contribution in [-0.2, 0) is 0 Å². The van der Waals surface area contributed by atoms with Gasteiger partial charge in [0.25, 0.3) is 0 Å². The summed E-state index contributed by atoms with van der Waals surface area (Å²) >= 11 is 0. The number of allylic oxidation sites excluding steroid dienone is 7. The Morgan fingerprint density at radius 3 is 2.61 bits per heavy atom. The fourth-order valence-corrected chi connectivity index (χ4v) is 1.98. The molecule has 96 valence electrons. The Kier molecular flexibility index (Phi) is 6.63. The normalized spacial score (nSPS) is 18.6. The van der Waals surface area contributed by atoms with Crippen molar-refractivity contribution in [3.63, 3.8) is 0 Å². The predicted octanol–water partition coefficient (Wildman–Crippen LogP) is 4.30. The predicted molar refractivity (Wildman–Crippen MR) is 81.2 cm³/mol. The van der Waals surface area contributed by atoms with E-state index in [1.54, 1.807) is 6.08 Å². The van der Waals surface area contributed by atoms with Gasteiger partial charge in [-0.1, -0.05) is 62.6 Å². The molecule has 1 N–H and O–H groups in total. The SMILES string of the molecule is C=C/C=C\C(N/C=C/C=C)C(C)C1=CCCC=C1. The van der Waals surface area contributed by atoms with Crippen LogP contribution in [0.3, 0.4) is 0 Å². The molecule has 1 aliphatic rings. The average molecular weight is 241 g/mol. The molecule has 0 aromatic heterocycles. The minimum atomic E-state index is 0.271. The van der Waals surface area contributed by atoms with Gasteiger partial charge >= 0.3 is 0 Å². The van der Waals surface area contributed by atoms with E-state index in [1.165, 1.54) is 5.57 Å². The number of rotatable bonds is 7. The number of hydrogen-bond acceptors (Lipinski definition) is 1. The summed E-state index contributed by atoms with van der Waals surface area (Å²) in [7, 11) is 0. The second kappa shape index (κ2) is 8.35. The van der Waals surface area contributed by atoms with Crippen LogP contribution in [0.1, 0.15) is 19.8 Å². The minimum absolute atomic E-state index is 0.271. The van der Waals surface area contributed by atoms with E-state index in [0.717, 1.165) is 12.8 Å². The molecule has 0 aromatic carbocycles. The Morgan fingerprint density at radius 2 is 2.00 bits per heavy atom. The van der Waals surface area contributed by atoms with Gasteiger partial charge in [0, 0.05) is 5.92 Å². The highest BCUT2D eigenvalue weighted by Gasteiger charge is 2.16. The average Bonchev–Trinajstić information content (AvgIpc) is 2.43. The second-order valence-corrected chi connectivity index (χ2v) is 4.38. The maximum atomic E-state index is 3.72. The third-order valence-corrected chi connectivity index (χ3v) is 3.06. The zero-order valence-electron chi connectivity index (χ0n) is 11.2. The van der Waals surface area contributed by atoms with Gasteiger partial charge in [0.1, 0.15) is 0 Å². The first kappa shape index (κ1) is 14.3. The summed E-state index contributed by atoms with van der Waals surface area (Å²) in [4.78, 5) is 0. The van der Waals surface area contributed by atoms with Crippen molar-refractivity contribution in [3.8, 4) is 0 Å². The van der Waals surface area contributed by atoms with Gasteiger partial charge in [-0.3, -0.25) is 0 Å². The van der Waals surface area contributed by atoms with Crippen LogP contribution in [0.2, 0.25) is 0 Å². The van der Waals surface area contributed by atoms with E-state index >= 15 is 0 Å². The van der Waals surface area contributed by atoms with Crippen LogP contribution in [0.25, 0.3) is 0 Å². The van der Waals surface area contributed by atoms with Crippen LogP contribution in [0.15, 0.2) is 73.5 Å². The van der Waals surface area contributed by atoms with Gasteiger partial charge in [-0.25, -0.2) is 0 Å². The van der Waals surface area contributed by atoms with Crippen LogP contribution in [-0.4, -0.2) is 6.04 Å².